The number of benzene rings is 2. The summed E-state index contributed by atoms with van der Waals surface area (Å²) < 4.78 is 5.91. The van der Waals surface area contributed by atoms with Crippen molar-refractivity contribution in [2.24, 2.45) is 5.41 Å². The van der Waals surface area contributed by atoms with Crippen LogP contribution in [0, 0.1) is 5.41 Å². The zero-order valence-corrected chi connectivity index (χ0v) is 12.3. The minimum atomic E-state index is -0.593. The van der Waals surface area contributed by atoms with Crippen LogP contribution in [0.4, 0.5) is 0 Å². The lowest BCUT2D eigenvalue weighted by atomic mass is 9.88. The van der Waals surface area contributed by atoms with E-state index in [2.05, 4.69) is 0 Å². The second-order valence-corrected chi connectivity index (χ2v) is 5.32. The molecular formula is C18H22O3. The Kier molecular flexibility index (Phi) is 5.37. The predicted octanol–water partition coefficient (Wildman–Crippen LogP) is 3.11. The minimum Gasteiger partial charge on any atom is -0.492 e. The summed E-state index contributed by atoms with van der Waals surface area (Å²) in [5, 5.41) is 19.0. The molecule has 0 spiro atoms. The SMILES string of the molecule is CCC(CO)(CO)COc1ccccc1-c1ccccc1. The summed E-state index contributed by atoms with van der Waals surface area (Å²) in [6.07, 6.45) is 0.660. The first-order chi connectivity index (χ1) is 10.2. The molecule has 3 heteroatoms. The van der Waals surface area contributed by atoms with E-state index in [9.17, 15) is 10.2 Å². The van der Waals surface area contributed by atoms with Crippen LogP contribution in [0.15, 0.2) is 54.6 Å². The average Bonchev–Trinajstić information content (AvgIpc) is 2.58. The highest BCUT2D eigenvalue weighted by Crippen LogP contribution is 2.31. The lowest BCUT2D eigenvalue weighted by Crippen LogP contribution is -2.35. The van der Waals surface area contributed by atoms with Gasteiger partial charge in [0.15, 0.2) is 0 Å². The van der Waals surface area contributed by atoms with E-state index in [0.29, 0.717) is 13.0 Å². The quantitative estimate of drug-likeness (QED) is 0.822. The van der Waals surface area contributed by atoms with Crippen molar-refractivity contribution in [1.82, 2.24) is 0 Å². The second kappa shape index (κ2) is 7.25. The first kappa shape index (κ1) is 15.5. The Labute approximate surface area is 125 Å². The summed E-state index contributed by atoms with van der Waals surface area (Å²) in [5.74, 6) is 0.767. The Hall–Kier alpha value is -1.84. The average molecular weight is 286 g/mol. The third-order valence-electron chi connectivity index (χ3n) is 3.93. The van der Waals surface area contributed by atoms with Crippen molar-refractivity contribution in [1.29, 1.82) is 0 Å². The number of rotatable bonds is 7. The topological polar surface area (TPSA) is 49.7 Å². The molecule has 21 heavy (non-hydrogen) atoms. The maximum Gasteiger partial charge on any atom is 0.127 e. The molecule has 0 amide bonds. The maximum absolute atomic E-state index is 9.50. The number of hydrogen-bond acceptors (Lipinski definition) is 3. The molecular weight excluding hydrogens is 264 g/mol. The minimum absolute atomic E-state index is 0.0898. The molecule has 0 radical (unpaired) electrons. The Morgan fingerprint density at radius 2 is 1.52 bits per heavy atom. The van der Waals surface area contributed by atoms with E-state index >= 15 is 0 Å². The largest absolute Gasteiger partial charge is 0.492 e. The van der Waals surface area contributed by atoms with Crippen LogP contribution in [0.3, 0.4) is 0 Å². The van der Waals surface area contributed by atoms with Gasteiger partial charge in [0.2, 0.25) is 0 Å². The van der Waals surface area contributed by atoms with Crippen molar-refractivity contribution in [3.63, 3.8) is 0 Å². The molecule has 3 nitrogen and oxygen atoms in total. The number of para-hydroxylation sites is 1. The number of aliphatic hydroxyl groups excluding tert-OH is 2. The van der Waals surface area contributed by atoms with Gasteiger partial charge in [0.05, 0.1) is 25.2 Å². The van der Waals surface area contributed by atoms with Crippen molar-refractivity contribution < 1.29 is 14.9 Å². The highest BCUT2D eigenvalue weighted by Gasteiger charge is 2.28. The van der Waals surface area contributed by atoms with E-state index in [4.69, 9.17) is 4.74 Å². The number of aliphatic hydroxyl groups is 2. The summed E-state index contributed by atoms with van der Waals surface area (Å²) in [6.45, 7) is 2.06. The fourth-order valence-electron chi connectivity index (χ4n) is 2.15. The van der Waals surface area contributed by atoms with E-state index < -0.39 is 5.41 Å². The van der Waals surface area contributed by atoms with Crippen LogP contribution in [0.5, 0.6) is 5.75 Å². The van der Waals surface area contributed by atoms with Crippen LogP contribution in [-0.2, 0) is 0 Å². The third kappa shape index (κ3) is 3.63. The van der Waals surface area contributed by atoms with Gasteiger partial charge in [-0.25, -0.2) is 0 Å². The Balaban J connectivity index is 2.22. The molecule has 2 N–H and O–H groups in total. The molecule has 0 aliphatic heterocycles. The third-order valence-corrected chi connectivity index (χ3v) is 3.93. The van der Waals surface area contributed by atoms with E-state index in [1.165, 1.54) is 0 Å². The second-order valence-electron chi connectivity index (χ2n) is 5.32. The zero-order valence-electron chi connectivity index (χ0n) is 12.3. The first-order valence-corrected chi connectivity index (χ1v) is 7.23. The molecule has 0 bridgehead atoms. The molecule has 2 aromatic carbocycles. The smallest absolute Gasteiger partial charge is 0.127 e. The summed E-state index contributed by atoms with van der Waals surface area (Å²) in [4.78, 5) is 0. The molecule has 0 aromatic heterocycles. The lowest BCUT2D eigenvalue weighted by Gasteiger charge is -2.28. The summed E-state index contributed by atoms with van der Waals surface area (Å²) >= 11 is 0. The number of hydrogen-bond donors (Lipinski definition) is 2. The standard InChI is InChI=1S/C18H22O3/c1-2-18(12-19,13-20)14-21-17-11-7-6-10-16(17)15-8-4-3-5-9-15/h3-11,19-20H,2,12-14H2,1H3. The summed E-state index contributed by atoms with van der Waals surface area (Å²) in [7, 11) is 0. The van der Waals surface area contributed by atoms with Gasteiger partial charge in [-0.15, -0.1) is 0 Å². The van der Waals surface area contributed by atoms with Crippen molar-refractivity contribution in [2.75, 3.05) is 19.8 Å². The van der Waals surface area contributed by atoms with Crippen LogP contribution in [0.2, 0.25) is 0 Å². The highest BCUT2D eigenvalue weighted by atomic mass is 16.5. The molecule has 112 valence electrons. The van der Waals surface area contributed by atoms with E-state index in [-0.39, 0.29) is 13.2 Å². The monoisotopic (exact) mass is 286 g/mol. The maximum atomic E-state index is 9.50. The van der Waals surface area contributed by atoms with Gasteiger partial charge in [-0.05, 0) is 18.1 Å². The van der Waals surface area contributed by atoms with Gasteiger partial charge in [-0.3, -0.25) is 0 Å². The molecule has 0 aliphatic rings. The van der Waals surface area contributed by atoms with Crippen molar-refractivity contribution in [3.8, 4) is 16.9 Å². The van der Waals surface area contributed by atoms with Crippen molar-refractivity contribution in [2.45, 2.75) is 13.3 Å². The van der Waals surface area contributed by atoms with Crippen LogP contribution in [-0.4, -0.2) is 30.0 Å². The van der Waals surface area contributed by atoms with Crippen molar-refractivity contribution >= 4 is 0 Å². The van der Waals surface area contributed by atoms with Gasteiger partial charge < -0.3 is 14.9 Å². The van der Waals surface area contributed by atoms with Crippen LogP contribution in [0.25, 0.3) is 11.1 Å². The van der Waals surface area contributed by atoms with E-state index in [1.807, 2.05) is 61.5 Å². The van der Waals surface area contributed by atoms with Crippen LogP contribution < -0.4 is 4.74 Å². The molecule has 0 saturated heterocycles. The Morgan fingerprint density at radius 1 is 0.905 bits per heavy atom. The molecule has 0 saturated carbocycles. The van der Waals surface area contributed by atoms with Crippen molar-refractivity contribution in [3.05, 3.63) is 54.6 Å². The van der Waals surface area contributed by atoms with E-state index in [1.54, 1.807) is 0 Å². The Bertz CT molecular complexity index is 539. The van der Waals surface area contributed by atoms with E-state index in [0.717, 1.165) is 16.9 Å². The first-order valence-electron chi connectivity index (χ1n) is 7.23. The normalized spacial score (nSPS) is 11.4. The van der Waals surface area contributed by atoms with Gasteiger partial charge in [-0.2, -0.15) is 0 Å². The fourth-order valence-corrected chi connectivity index (χ4v) is 2.15. The zero-order chi connectivity index (χ0) is 15.1. The summed E-state index contributed by atoms with van der Waals surface area (Å²) in [5.41, 5.74) is 1.51. The van der Waals surface area contributed by atoms with Gasteiger partial charge >= 0.3 is 0 Å². The molecule has 0 fully saturated rings. The molecule has 0 heterocycles. The molecule has 2 aromatic rings. The van der Waals surface area contributed by atoms with Gasteiger partial charge in [-0.1, -0.05) is 55.5 Å². The van der Waals surface area contributed by atoms with Crippen LogP contribution >= 0.6 is 0 Å². The molecule has 2 rings (SSSR count). The highest BCUT2D eigenvalue weighted by molar-refractivity contribution is 5.70. The van der Waals surface area contributed by atoms with Gasteiger partial charge in [0.1, 0.15) is 5.75 Å². The molecule has 0 aliphatic carbocycles. The lowest BCUT2D eigenvalue weighted by molar-refractivity contribution is 0.0116. The van der Waals surface area contributed by atoms with Gasteiger partial charge in [0.25, 0.3) is 0 Å². The molecule has 0 unspecified atom stereocenters. The molecule has 0 atom stereocenters. The fraction of sp³-hybridized carbons (Fsp3) is 0.333. The van der Waals surface area contributed by atoms with Crippen LogP contribution in [0.1, 0.15) is 13.3 Å². The van der Waals surface area contributed by atoms with Gasteiger partial charge in [0, 0.05) is 5.56 Å². The number of ether oxygens (including phenoxy) is 1. The predicted molar refractivity (Wildman–Crippen MR) is 84.3 cm³/mol. The summed E-state index contributed by atoms with van der Waals surface area (Å²) in [6, 6.07) is 17.8. The Morgan fingerprint density at radius 3 is 2.14 bits per heavy atom.